The Labute approximate surface area is 299 Å². The summed E-state index contributed by atoms with van der Waals surface area (Å²) in [6, 6.07) is 18.2. The van der Waals surface area contributed by atoms with E-state index in [1.54, 1.807) is 70.6 Å². The zero-order valence-corrected chi connectivity index (χ0v) is 27.9. The Morgan fingerprint density at radius 3 is 1.61 bits per heavy atom. The molecular weight excluding hydrogens is 722 g/mol. The molecule has 0 bridgehead atoms. The first-order valence-electron chi connectivity index (χ1n) is 15.9. The van der Waals surface area contributed by atoms with Gasteiger partial charge in [0.2, 0.25) is 0 Å². The van der Waals surface area contributed by atoms with E-state index in [-0.39, 0.29) is 11.1 Å². The maximum Gasteiger partial charge on any atom is 0.418 e. The highest BCUT2D eigenvalue weighted by Crippen LogP contribution is 2.37. The number of aliphatic hydroxyl groups is 2. The molecule has 0 fully saturated rings. The van der Waals surface area contributed by atoms with Crippen LogP contribution in [0.15, 0.2) is 107 Å². The van der Waals surface area contributed by atoms with Gasteiger partial charge in [0.25, 0.3) is 0 Å². The Morgan fingerprint density at radius 2 is 1.15 bits per heavy atom. The van der Waals surface area contributed by atoms with Crippen LogP contribution in [0.3, 0.4) is 0 Å². The number of halogens is 6. The first-order valence-corrected chi connectivity index (χ1v) is 15.9. The molecule has 12 nitrogen and oxygen atoms in total. The topological polar surface area (TPSA) is 154 Å². The Balaban J connectivity index is 0.000000167. The molecule has 2 N–H and O–H groups in total. The summed E-state index contributed by atoms with van der Waals surface area (Å²) in [5, 5.41) is 34.6. The maximum atomic E-state index is 12.8. The van der Waals surface area contributed by atoms with E-state index in [1.165, 1.54) is 36.4 Å². The minimum absolute atomic E-state index is 0.237. The van der Waals surface area contributed by atoms with Crippen molar-refractivity contribution in [2.24, 2.45) is 0 Å². The van der Waals surface area contributed by atoms with Crippen LogP contribution in [0.1, 0.15) is 34.7 Å². The second-order valence-corrected chi connectivity index (χ2v) is 12.2. The predicted octanol–water partition coefficient (Wildman–Crippen LogP) is 7.96. The van der Waals surface area contributed by atoms with Crippen LogP contribution in [0.2, 0.25) is 0 Å². The summed E-state index contributed by atoms with van der Waals surface area (Å²) in [6.07, 6.45) is -7.91. The standard InChI is InChI=1S/2C18H13F3N4O2/c1-10-8-25(9-22-10)15-7-13(6-14-16(15)24-27-23-14)11-3-2-4-12(5-11)17(26)18(19,20)21;1-10-8-22-9-25(10)15-7-13(6-14-16(15)24-27-23-14)11-3-2-4-12(5-11)17(26)18(19,20)21/h2*2-9,17,26H,1H3. The number of imidazole rings is 2. The van der Waals surface area contributed by atoms with E-state index < -0.39 is 24.6 Å². The van der Waals surface area contributed by atoms with Crippen molar-refractivity contribution in [3.8, 4) is 33.6 Å². The van der Waals surface area contributed by atoms with Gasteiger partial charge in [-0.3, -0.25) is 0 Å². The molecule has 8 rings (SSSR count). The SMILES string of the molecule is Cc1cn(-c2cc(-c3cccc(C(O)C(F)(F)F)c3)cc3nonc23)cn1.Cc1cncn1-c1cc(-c2cccc(C(O)C(F)(F)F)c2)cc2nonc12. The fourth-order valence-electron chi connectivity index (χ4n) is 5.78. The molecule has 276 valence electrons. The zero-order valence-electron chi connectivity index (χ0n) is 27.9. The highest BCUT2D eigenvalue weighted by atomic mass is 19.4. The van der Waals surface area contributed by atoms with Gasteiger partial charge in [-0.25, -0.2) is 19.2 Å². The molecule has 0 spiro atoms. The molecule has 0 radical (unpaired) electrons. The molecular formula is C36H26F6N8O4. The Morgan fingerprint density at radius 1 is 0.630 bits per heavy atom. The Bertz CT molecular complexity index is 2590. The van der Waals surface area contributed by atoms with Crippen LogP contribution < -0.4 is 0 Å². The van der Waals surface area contributed by atoms with Crippen molar-refractivity contribution in [2.45, 2.75) is 38.4 Å². The van der Waals surface area contributed by atoms with Crippen molar-refractivity contribution in [2.75, 3.05) is 0 Å². The second-order valence-electron chi connectivity index (χ2n) is 12.2. The number of benzene rings is 4. The summed E-state index contributed by atoms with van der Waals surface area (Å²) in [4.78, 5) is 8.26. The van der Waals surface area contributed by atoms with Gasteiger partial charge in [-0.15, -0.1) is 0 Å². The quantitative estimate of drug-likeness (QED) is 0.160. The highest BCUT2D eigenvalue weighted by Gasteiger charge is 2.40. The first kappa shape index (κ1) is 36.0. The number of hydrogen-bond donors (Lipinski definition) is 2. The number of hydrogen-bond acceptors (Lipinski definition) is 10. The van der Waals surface area contributed by atoms with Gasteiger partial charge in [0, 0.05) is 18.1 Å². The summed E-state index contributed by atoms with van der Waals surface area (Å²) >= 11 is 0. The largest absolute Gasteiger partial charge is 0.418 e. The molecule has 2 atom stereocenters. The highest BCUT2D eigenvalue weighted by molar-refractivity contribution is 5.89. The number of aromatic nitrogens is 8. The molecule has 0 saturated heterocycles. The number of alkyl halides is 6. The smallest absolute Gasteiger partial charge is 0.379 e. The van der Waals surface area contributed by atoms with Gasteiger partial charge >= 0.3 is 12.4 Å². The zero-order chi connectivity index (χ0) is 38.4. The molecule has 0 saturated carbocycles. The van der Waals surface area contributed by atoms with Gasteiger partial charge in [-0.05, 0) is 104 Å². The first-order chi connectivity index (χ1) is 25.7. The summed E-state index contributed by atoms with van der Waals surface area (Å²) < 4.78 is 90.2. The summed E-state index contributed by atoms with van der Waals surface area (Å²) in [7, 11) is 0. The van der Waals surface area contributed by atoms with E-state index in [0.29, 0.717) is 55.7 Å². The van der Waals surface area contributed by atoms with Crippen LogP contribution in [0, 0.1) is 13.8 Å². The van der Waals surface area contributed by atoms with Crippen molar-refractivity contribution in [3.63, 3.8) is 0 Å². The molecule has 54 heavy (non-hydrogen) atoms. The van der Waals surface area contributed by atoms with Gasteiger partial charge in [-0.1, -0.05) is 36.4 Å². The van der Waals surface area contributed by atoms with Crippen LogP contribution in [0.25, 0.3) is 55.7 Å². The summed E-state index contributed by atoms with van der Waals surface area (Å²) in [6.45, 7) is 3.69. The average molecular weight is 749 g/mol. The summed E-state index contributed by atoms with van der Waals surface area (Å²) in [5.74, 6) is 0. The minimum Gasteiger partial charge on any atom is -0.379 e. The van der Waals surface area contributed by atoms with E-state index in [4.69, 9.17) is 9.26 Å². The average Bonchev–Trinajstić information content (AvgIpc) is 3.98. The maximum absolute atomic E-state index is 12.8. The minimum atomic E-state index is -4.74. The molecule has 18 heteroatoms. The second kappa shape index (κ2) is 13.9. The normalized spacial score (nSPS) is 13.2. The third kappa shape index (κ3) is 7.15. The third-order valence-corrected chi connectivity index (χ3v) is 8.45. The van der Waals surface area contributed by atoms with Gasteiger partial charge < -0.3 is 19.3 Å². The van der Waals surface area contributed by atoms with Crippen LogP contribution in [-0.2, 0) is 0 Å². The monoisotopic (exact) mass is 748 g/mol. The molecule has 0 aliphatic heterocycles. The number of nitrogens with zero attached hydrogens (tertiary/aromatic N) is 8. The van der Waals surface area contributed by atoms with E-state index in [0.717, 1.165) is 11.4 Å². The molecule has 0 aliphatic carbocycles. The van der Waals surface area contributed by atoms with Crippen molar-refractivity contribution >= 4 is 22.1 Å². The third-order valence-electron chi connectivity index (χ3n) is 8.45. The lowest BCUT2D eigenvalue weighted by Gasteiger charge is -2.16. The van der Waals surface area contributed by atoms with Crippen LogP contribution in [0.4, 0.5) is 26.3 Å². The molecule has 8 aromatic rings. The van der Waals surface area contributed by atoms with Gasteiger partial charge in [-0.2, -0.15) is 26.3 Å². The lowest BCUT2D eigenvalue weighted by atomic mass is 9.99. The Kier molecular flexibility index (Phi) is 9.24. The predicted molar refractivity (Wildman–Crippen MR) is 180 cm³/mol. The van der Waals surface area contributed by atoms with Crippen LogP contribution in [-0.4, -0.2) is 62.3 Å². The van der Waals surface area contributed by atoms with Crippen LogP contribution in [0.5, 0.6) is 0 Å². The lowest BCUT2D eigenvalue weighted by Crippen LogP contribution is -2.20. The lowest BCUT2D eigenvalue weighted by molar-refractivity contribution is -0.207. The molecule has 2 unspecified atom stereocenters. The summed E-state index contributed by atoms with van der Waals surface area (Å²) in [5.41, 5.74) is 6.57. The number of aliphatic hydroxyl groups excluding tert-OH is 2. The van der Waals surface area contributed by atoms with Crippen LogP contribution >= 0.6 is 0 Å². The van der Waals surface area contributed by atoms with Crippen molar-refractivity contribution in [1.82, 2.24) is 39.7 Å². The van der Waals surface area contributed by atoms with E-state index in [9.17, 15) is 36.6 Å². The molecule has 4 heterocycles. The van der Waals surface area contributed by atoms with Crippen molar-refractivity contribution < 1.29 is 45.8 Å². The molecule has 0 amide bonds. The Hall–Kier alpha value is -6.40. The number of fused-ring (bicyclic) bond motifs is 2. The van der Waals surface area contributed by atoms with E-state index in [1.807, 2.05) is 13.8 Å². The molecule has 4 aromatic carbocycles. The number of aryl methyl sites for hydroxylation is 2. The van der Waals surface area contributed by atoms with Gasteiger partial charge in [0.1, 0.15) is 11.0 Å². The fourth-order valence-corrected chi connectivity index (χ4v) is 5.78. The van der Waals surface area contributed by atoms with Crippen molar-refractivity contribution in [1.29, 1.82) is 0 Å². The van der Waals surface area contributed by atoms with E-state index in [2.05, 4.69) is 30.6 Å². The fraction of sp³-hybridized carbons (Fsp3) is 0.167. The van der Waals surface area contributed by atoms with Gasteiger partial charge in [0.15, 0.2) is 23.2 Å². The van der Waals surface area contributed by atoms with Crippen molar-refractivity contribution in [3.05, 3.63) is 120 Å². The van der Waals surface area contributed by atoms with E-state index >= 15 is 0 Å². The molecule has 4 aromatic heterocycles. The van der Waals surface area contributed by atoms with Gasteiger partial charge in [0.05, 0.1) is 29.7 Å². The number of rotatable bonds is 6. The molecule has 0 aliphatic rings.